The molecule has 1 aromatic rings. The third-order valence-corrected chi connectivity index (χ3v) is 4.00. The summed E-state index contributed by atoms with van der Waals surface area (Å²) in [4.78, 5) is -0.116. The summed E-state index contributed by atoms with van der Waals surface area (Å²) in [6.07, 6.45) is -5.66. The molecule has 0 amide bonds. The Kier molecular flexibility index (Phi) is 5.78. The Morgan fingerprint density at radius 2 is 1.86 bits per heavy atom. The van der Waals surface area contributed by atoms with Gasteiger partial charge in [0.25, 0.3) is 0 Å². The molecule has 1 unspecified atom stereocenters. The van der Waals surface area contributed by atoms with E-state index < -0.39 is 28.7 Å². The van der Waals surface area contributed by atoms with Gasteiger partial charge in [0.15, 0.2) is 0 Å². The topological polar surface area (TPSA) is 72.2 Å². The smallest absolute Gasteiger partial charge is 0.320 e. The highest BCUT2D eigenvalue weighted by molar-refractivity contribution is 7.89. The third kappa shape index (κ3) is 6.16. The highest BCUT2D eigenvalue weighted by atomic mass is 32.2. The first-order valence-corrected chi connectivity index (χ1v) is 7.50. The predicted octanol–water partition coefficient (Wildman–Crippen LogP) is 1.62. The number of hydrogen-bond donors (Lipinski definition) is 2. The van der Waals surface area contributed by atoms with Crippen LogP contribution in [0, 0.1) is 11.8 Å². The average Bonchev–Trinajstić information content (AvgIpc) is 2.33. The monoisotopic (exact) mass is 320 g/mol. The molecule has 0 aliphatic heterocycles. The van der Waals surface area contributed by atoms with Gasteiger partial charge in [-0.15, -0.1) is 0 Å². The van der Waals surface area contributed by atoms with E-state index in [1.165, 1.54) is 24.3 Å². The molecular weight excluding hydrogens is 305 g/mol. The number of nitrogens with one attached hydrogen (secondary N) is 1. The Bertz CT molecular complexity index is 628. The molecular formula is C13H15F3N2O2S. The van der Waals surface area contributed by atoms with Crippen molar-refractivity contribution in [2.24, 2.45) is 5.73 Å². The highest BCUT2D eigenvalue weighted by Gasteiger charge is 2.31. The number of rotatable bonds is 4. The van der Waals surface area contributed by atoms with Gasteiger partial charge in [0.2, 0.25) is 10.0 Å². The van der Waals surface area contributed by atoms with Crippen LogP contribution in [0.3, 0.4) is 0 Å². The van der Waals surface area contributed by atoms with Crippen LogP contribution in [0.2, 0.25) is 0 Å². The van der Waals surface area contributed by atoms with E-state index >= 15 is 0 Å². The normalized spacial score (nSPS) is 13.4. The lowest BCUT2D eigenvalue weighted by Gasteiger charge is -2.16. The second-order valence-corrected chi connectivity index (χ2v) is 6.09. The molecule has 0 saturated heterocycles. The number of halogens is 3. The van der Waals surface area contributed by atoms with Crippen LogP contribution in [0.5, 0.6) is 0 Å². The Hall–Kier alpha value is -1.56. The molecule has 1 atom stereocenters. The number of sulfonamides is 1. The quantitative estimate of drug-likeness (QED) is 0.828. The molecule has 8 heteroatoms. The van der Waals surface area contributed by atoms with Gasteiger partial charge in [-0.3, -0.25) is 0 Å². The Morgan fingerprint density at radius 3 is 2.33 bits per heavy atom. The molecule has 21 heavy (non-hydrogen) atoms. The second kappa shape index (κ2) is 6.93. The van der Waals surface area contributed by atoms with E-state index in [1.54, 1.807) is 0 Å². The largest absolute Gasteiger partial charge is 0.390 e. The van der Waals surface area contributed by atoms with Crippen LogP contribution in [0.4, 0.5) is 13.2 Å². The van der Waals surface area contributed by atoms with Crippen LogP contribution in [0.1, 0.15) is 18.9 Å². The summed E-state index contributed by atoms with van der Waals surface area (Å²) in [5, 5.41) is 0. The lowest BCUT2D eigenvalue weighted by molar-refractivity contribution is -0.137. The van der Waals surface area contributed by atoms with Gasteiger partial charge in [0.1, 0.15) is 0 Å². The van der Waals surface area contributed by atoms with E-state index in [0.717, 1.165) is 6.92 Å². The first kappa shape index (κ1) is 17.5. The lowest BCUT2D eigenvalue weighted by Crippen LogP contribution is -2.35. The number of hydrogen-bond acceptors (Lipinski definition) is 3. The molecule has 0 aliphatic rings. The summed E-state index contributed by atoms with van der Waals surface area (Å²) < 4.78 is 62.4. The molecule has 0 aliphatic carbocycles. The van der Waals surface area contributed by atoms with Gasteiger partial charge in [-0.25, -0.2) is 13.1 Å². The molecule has 116 valence electrons. The maximum Gasteiger partial charge on any atom is 0.390 e. The molecule has 0 saturated carbocycles. The Balaban J connectivity index is 2.83. The average molecular weight is 320 g/mol. The molecule has 3 N–H and O–H groups in total. The van der Waals surface area contributed by atoms with Gasteiger partial charge in [0, 0.05) is 11.6 Å². The molecule has 0 heterocycles. The van der Waals surface area contributed by atoms with E-state index in [-0.39, 0.29) is 11.4 Å². The highest BCUT2D eigenvalue weighted by Crippen LogP contribution is 2.22. The zero-order chi connectivity index (χ0) is 16.1. The van der Waals surface area contributed by atoms with Crippen molar-refractivity contribution < 1.29 is 21.6 Å². The standard InChI is InChI=1S/C13H15F3N2O2S/c1-10(9-13(14,15)16)18-21(19,20)12-6-4-11(5-7-12)3-2-8-17/h4-7,10,18H,8-9,17H2,1H3. The summed E-state index contributed by atoms with van der Waals surface area (Å²) in [6, 6.07) is 4.25. The molecule has 0 spiro atoms. The van der Waals surface area contributed by atoms with E-state index in [0.29, 0.717) is 5.56 Å². The Labute approximate surface area is 121 Å². The molecule has 4 nitrogen and oxygen atoms in total. The zero-order valence-corrected chi connectivity index (χ0v) is 12.1. The van der Waals surface area contributed by atoms with Gasteiger partial charge in [-0.05, 0) is 31.2 Å². The summed E-state index contributed by atoms with van der Waals surface area (Å²) in [6.45, 7) is 1.34. The summed E-state index contributed by atoms with van der Waals surface area (Å²) >= 11 is 0. The van der Waals surface area contributed by atoms with Crippen LogP contribution in [0.15, 0.2) is 29.2 Å². The maximum absolute atomic E-state index is 12.2. The van der Waals surface area contributed by atoms with Gasteiger partial charge in [-0.2, -0.15) is 13.2 Å². The molecule has 0 fully saturated rings. The van der Waals surface area contributed by atoms with Crippen LogP contribution >= 0.6 is 0 Å². The van der Waals surface area contributed by atoms with Crippen molar-refractivity contribution in [1.29, 1.82) is 0 Å². The summed E-state index contributed by atoms with van der Waals surface area (Å²) in [5.41, 5.74) is 5.78. The van der Waals surface area contributed by atoms with Gasteiger partial charge in [0.05, 0.1) is 17.9 Å². The van der Waals surface area contributed by atoms with Crippen LogP contribution < -0.4 is 10.5 Å². The van der Waals surface area contributed by atoms with E-state index in [4.69, 9.17) is 5.73 Å². The fraction of sp³-hybridized carbons (Fsp3) is 0.385. The molecule has 0 radical (unpaired) electrons. The summed E-state index contributed by atoms with van der Waals surface area (Å²) in [5.74, 6) is 5.32. The van der Waals surface area contributed by atoms with Crippen molar-refractivity contribution in [2.45, 2.75) is 30.5 Å². The predicted molar refractivity (Wildman–Crippen MR) is 72.8 cm³/mol. The Morgan fingerprint density at radius 1 is 1.29 bits per heavy atom. The second-order valence-electron chi connectivity index (χ2n) is 4.37. The molecule has 1 aromatic carbocycles. The van der Waals surface area contributed by atoms with Crippen molar-refractivity contribution in [2.75, 3.05) is 6.54 Å². The molecule has 0 aromatic heterocycles. The van der Waals surface area contributed by atoms with Crippen LogP contribution in [0.25, 0.3) is 0 Å². The van der Waals surface area contributed by atoms with E-state index in [9.17, 15) is 21.6 Å². The number of nitrogens with two attached hydrogens (primary N) is 1. The number of alkyl halides is 3. The van der Waals surface area contributed by atoms with E-state index in [2.05, 4.69) is 11.8 Å². The fourth-order valence-corrected chi connectivity index (χ4v) is 2.84. The number of benzene rings is 1. The van der Waals surface area contributed by atoms with Crippen molar-refractivity contribution >= 4 is 10.0 Å². The third-order valence-electron chi connectivity index (χ3n) is 2.39. The minimum Gasteiger partial charge on any atom is -0.320 e. The van der Waals surface area contributed by atoms with Crippen molar-refractivity contribution in [3.63, 3.8) is 0 Å². The van der Waals surface area contributed by atoms with Gasteiger partial charge >= 0.3 is 6.18 Å². The van der Waals surface area contributed by atoms with Gasteiger partial charge < -0.3 is 5.73 Å². The lowest BCUT2D eigenvalue weighted by atomic mass is 10.2. The minimum atomic E-state index is -4.43. The van der Waals surface area contributed by atoms with Crippen LogP contribution in [-0.2, 0) is 10.0 Å². The van der Waals surface area contributed by atoms with Crippen molar-refractivity contribution in [1.82, 2.24) is 4.72 Å². The van der Waals surface area contributed by atoms with E-state index in [1.807, 2.05) is 4.72 Å². The first-order valence-electron chi connectivity index (χ1n) is 6.02. The first-order chi connectivity index (χ1) is 9.64. The van der Waals surface area contributed by atoms with Crippen LogP contribution in [-0.4, -0.2) is 27.2 Å². The molecule has 1 rings (SSSR count). The zero-order valence-electron chi connectivity index (χ0n) is 11.2. The minimum absolute atomic E-state index is 0.116. The summed E-state index contributed by atoms with van der Waals surface area (Å²) in [7, 11) is -3.99. The van der Waals surface area contributed by atoms with Crippen molar-refractivity contribution in [3.8, 4) is 11.8 Å². The fourth-order valence-electron chi connectivity index (χ4n) is 1.59. The maximum atomic E-state index is 12.2. The van der Waals surface area contributed by atoms with Gasteiger partial charge in [-0.1, -0.05) is 11.8 Å². The SMILES string of the molecule is CC(CC(F)(F)F)NS(=O)(=O)c1ccc(C#CCN)cc1. The molecule has 0 bridgehead atoms. The van der Waals surface area contributed by atoms with Crippen molar-refractivity contribution in [3.05, 3.63) is 29.8 Å².